The summed E-state index contributed by atoms with van der Waals surface area (Å²) >= 11 is 0. The van der Waals surface area contributed by atoms with E-state index in [2.05, 4.69) is 15.2 Å². The molecule has 3 aromatic rings. The Kier molecular flexibility index (Phi) is 5.88. The Morgan fingerprint density at radius 3 is 2.47 bits per heavy atom. The monoisotopic (exact) mass is 451 g/mol. The molecule has 0 spiro atoms. The number of nitrogens with one attached hydrogen (secondary N) is 2. The Bertz CT molecular complexity index is 1290. The second kappa shape index (κ2) is 8.63. The molecule has 1 aliphatic rings. The molecule has 4 rings (SSSR count). The molecule has 0 radical (unpaired) electrons. The van der Waals surface area contributed by atoms with E-state index in [9.17, 15) is 13.2 Å². The molecule has 1 fully saturated rings. The topological polar surface area (TPSA) is 101 Å². The van der Waals surface area contributed by atoms with Gasteiger partial charge in [0.25, 0.3) is 10.0 Å². The average molecular weight is 452 g/mol. The Balaban J connectivity index is 1.49. The Morgan fingerprint density at radius 2 is 1.78 bits per heavy atom. The number of hydrogen-bond acceptors (Lipinski definition) is 5. The molecule has 0 bridgehead atoms. The number of carbonyl (C=O) groups is 1. The van der Waals surface area contributed by atoms with Crippen LogP contribution >= 0.6 is 0 Å². The van der Waals surface area contributed by atoms with E-state index in [0.29, 0.717) is 22.8 Å². The van der Waals surface area contributed by atoms with Crippen LogP contribution in [-0.2, 0) is 14.8 Å². The van der Waals surface area contributed by atoms with Crippen molar-refractivity contribution >= 4 is 39.5 Å². The van der Waals surface area contributed by atoms with Gasteiger partial charge in [0.15, 0.2) is 5.76 Å². The number of rotatable bonds is 7. The van der Waals surface area contributed by atoms with Gasteiger partial charge in [-0.1, -0.05) is 35.5 Å². The van der Waals surface area contributed by atoms with Gasteiger partial charge in [0.1, 0.15) is 11.4 Å². The van der Waals surface area contributed by atoms with Gasteiger partial charge in [0, 0.05) is 5.92 Å². The van der Waals surface area contributed by atoms with Crippen molar-refractivity contribution in [3.05, 3.63) is 70.6 Å². The lowest BCUT2D eigenvalue weighted by Gasteiger charge is -2.11. The van der Waals surface area contributed by atoms with Crippen LogP contribution in [0.15, 0.2) is 51.9 Å². The maximum absolute atomic E-state index is 12.8. The molecule has 2 aromatic carbocycles. The van der Waals surface area contributed by atoms with E-state index in [4.69, 9.17) is 4.52 Å². The summed E-state index contributed by atoms with van der Waals surface area (Å²) in [5.74, 6) is 0.509. The molecule has 1 amide bonds. The van der Waals surface area contributed by atoms with Crippen molar-refractivity contribution < 1.29 is 17.7 Å². The van der Waals surface area contributed by atoms with Gasteiger partial charge in [0.2, 0.25) is 5.91 Å². The molecule has 0 saturated heterocycles. The van der Waals surface area contributed by atoms with Crippen LogP contribution < -0.4 is 10.0 Å². The number of aryl methyl sites for hydroxylation is 3. The van der Waals surface area contributed by atoms with Crippen LogP contribution in [0.4, 0.5) is 11.4 Å². The van der Waals surface area contributed by atoms with E-state index in [1.54, 1.807) is 43.3 Å². The van der Waals surface area contributed by atoms with E-state index >= 15 is 0 Å². The molecule has 32 heavy (non-hydrogen) atoms. The molecule has 1 heterocycles. The van der Waals surface area contributed by atoms with Crippen LogP contribution in [0.25, 0.3) is 12.2 Å². The van der Waals surface area contributed by atoms with Gasteiger partial charge in [-0.3, -0.25) is 9.52 Å². The summed E-state index contributed by atoms with van der Waals surface area (Å²) in [5, 5.41) is 6.82. The lowest BCUT2D eigenvalue weighted by atomic mass is 10.1. The Morgan fingerprint density at radius 1 is 1.06 bits per heavy atom. The normalized spacial score (nSPS) is 14.0. The zero-order chi connectivity index (χ0) is 22.9. The Labute approximate surface area is 187 Å². The highest BCUT2D eigenvalue weighted by atomic mass is 32.2. The summed E-state index contributed by atoms with van der Waals surface area (Å²) < 4.78 is 33.5. The van der Waals surface area contributed by atoms with Crippen LogP contribution in [0.2, 0.25) is 0 Å². The zero-order valence-corrected chi connectivity index (χ0v) is 19.0. The number of amides is 1. The first-order chi connectivity index (χ1) is 15.2. The summed E-state index contributed by atoms with van der Waals surface area (Å²) in [7, 11) is -3.71. The average Bonchev–Trinajstić information content (AvgIpc) is 3.55. The smallest absolute Gasteiger partial charge is 0.261 e. The molecule has 1 saturated carbocycles. The van der Waals surface area contributed by atoms with Crippen molar-refractivity contribution in [1.82, 2.24) is 5.16 Å². The fourth-order valence-electron chi connectivity index (χ4n) is 3.20. The van der Waals surface area contributed by atoms with Gasteiger partial charge in [-0.2, -0.15) is 0 Å². The van der Waals surface area contributed by atoms with Crippen LogP contribution in [0.1, 0.15) is 41.0 Å². The van der Waals surface area contributed by atoms with E-state index in [1.165, 1.54) is 0 Å². The number of anilines is 2. The van der Waals surface area contributed by atoms with Crippen LogP contribution in [0.5, 0.6) is 0 Å². The predicted octanol–water partition coefficient (Wildman–Crippen LogP) is 4.92. The molecule has 0 aliphatic heterocycles. The SMILES string of the molecule is Cc1ccc(C)c(NS(=O)(=O)c2ccc(C=Cc3onc(C)c3NC(=O)C3CC3)cc2)c1. The summed E-state index contributed by atoms with van der Waals surface area (Å²) in [5.41, 5.74) is 4.35. The minimum Gasteiger partial charge on any atom is -0.354 e. The summed E-state index contributed by atoms with van der Waals surface area (Å²) in [6.07, 6.45) is 5.31. The van der Waals surface area contributed by atoms with Gasteiger partial charge in [-0.05, 0) is 74.6 Å². The lowest BCUT2D eigenvalue weighted by molar-refractivity contribution is -0.117. The summed E-state index contributed by atoms with van der Waals surface area (Å²) in [6, 6.07) is 12.1. The van der Waals surface area contributed by atoms with E-state index in [1.807, 2.05) is 32.0 Å². The first kappa shape index (κ1) is 21.8. The third kappa shape index (κ3) is 4.91. The second-order valence-corrected chi connectivity index (χ2v) is 9.78. The quantitative estimate of drug-likeness (QED) is 0.531. The second-order valence-electron chi connectivity index (χ2n) is 8.10. The van der Waals surface area contributed by atoms with Crippen molar-refractivity contribution in [3.8, 4) is 0 Å². The molecule has 7 nitrogen and oxygen atoms in total. The standard InChI is InChI=1S/C24H25N3O4S/c1-15-4-5-16(2)21(14-15)27-32(29,30)20-11-6-18(7-12-20)8-13-22-23(17(3)26-31-22)25-24(28)19-9-10-19/h4-8,11-14,19,27H,9-10H2,1-3H3,(H,25,28). The van der Waals surface area contributed by atoms with Gasteiger partial charge < -0.3 is 9.84 Å². The van der Waals surface area contributed by atoms with Gasteiger partial charge in [-0.25, -0.2) is 8.42 Å². The zero-order valence-electron chi connectivity index (χ0n) is 18.2. The third-order valence-electron chi connectivity index (χ3n) is 5.34. The molecule has 1 aromatic heterocycles. The number of nitrogens with zero attached hydrogens (tertiary/aromatic N) is 1. The molecule has 0 unspecified atom stereocenters. The van der Waals surface area contributed by atoms with Crippen molar-refractivity contribution in [2.45, 2.75) is 38.5 Å². The van der Waals surface area contributed by atoms with Crippen molar-refractivity contribution in [2.24, 2.45) is 5.92 Å². The van der Waals surface area contributed by atoms with Gasteiger partial charge >= 0.3 is 0 Å². The lowest BCUT2D eigenvalue weighted by Crippen LogP contribution is -2.14. The molecule has 1 aliphatic carbocycles. The van der Waals surface area contributed by atoms with E-state index in [-0.39, 0.29) is 16.7 Å². The maximum Gasteiger partial charge on any atom is 0.261 e. The number of benzene rings is 2. The van der Waals surface area contributed by atoms with Crippen LogP contribution in [-0.4, -0.2) is 19.5 Å². The predicted molar refractivity (Wildman–Crippen MR) is 125 cm³/mol. The van der Waals surface area contributed by atoms with Crippen molar-refractivity contribution in [1.29, 1.82) is 0 Å². The molecule has 0 atom stereocenters. The molecule has 166 valence electrons. The highest BCUT2D eigenvalue weighted by molar-refractivity contribution is 7.92. The fraction of sp³-hybridized carbons (Fsp3) is 0.250. The van der Waals surface area contributed by atoms with E-state index in [0.717, 1.165) is 29.5 Å². The maximum atomic E-state index is 12.8. The largest absolute Gasteiger partial charge is 0.354 e. The van der Waals surface area contributed by atoms with Crippen LogP contribution in [0, 0.1) is 26.7 Å². The van der Waals surface area contributed by atoms with Crippen LogP contribution in [0.3, 0.4) is 0 Å². The van der Waals surface area contributed by atoms with Crippen molar-refractivity contribution in [3.63, 3.8) is 0 Å². The summed E-state index contributed by atoms with van der Waals surface area (Å²) in [4.78, 5) is 12.3. The number of aromatic nitrogens is 1. The Hall–Kier alpha value is -3.39. The van der Waals surface area contributed by atoms with Crippen molar-refractivity contribution in [2.75, 3.05) is 10.0 Å². The highest BCUT2D eigenvalue weighted by Crippen LogP contribution is 2.32. The first-order valence-electron chi connectivity index (χ1n) is 10.4. The molecular formula is C24H25N3O4S. The summed E-state index contributed by atoms with van der Waals surface area (Å²) in [6.45, 7) is 5.54. The minimum atomic E-state index is -3.71. The first-order valence-corrected chi connectivity index (χ1v) is 11.9. The van der Waals surface area contributed by atoms with Gasteiger partial charge in [-0.15, -0.1) is 0 Å². The van der Waals surface area contributed by atoms with Gasteiger partial charge in [0.05, 0.1) is 10.6 Å². The fourth-order valence-corrected chi connectivity index (χ4v) is 4.32. The minimum absolute atomic E-state index is 0.0168. The molecule has 8 heteroatoms. The number of hydrogen-bond donors (Lipinski definition) is 2. The van der Waals surface area contributed by atoms with E-state index < -0.39 is 10.0 Å². The third-order valence-corrected chi connectivity index (χ3v) is 6.72. The highest BCUT2D eigenvalue weighted by Gasteiger charge is 2.30. The number of sulfonamides is 1. The molecular weight excluding hydrogens is 426 g/mol. The molecule has 2 N–H and O–H groups in total. The number of carbonyl (C=O) groups excluding carboxylic acids is 1.